The van der Waals surface area contributed by atoms with Crippen molar-refractivity contribution in [1.29, 1.82) is 0 Å². The van der Waals surface area contributed by atoms with Gasteiger partial charge in [-0.1, -0.05) is 29.3 Å². The van der Waals surface area contributed by atoms with Gasteiger partial charge in [-0.2, -0.15) is 0 Å². The molecule has 2 nitrogen and oxygen atoms in total. The van der Waals surface area contributed by atoms with E-state index < -0.39 is 10.8 Å². The van der Waals surface area contributed by atoms with Crippen molar-refractivity contribution in [3.63, 3.8) is 0 Å². The van der Waals surface area contributed by atoms with Crippen LogP contribution in [0.1, 0.15) is 25.5 Å². The van der Waals surface area contributed by atoms with Crippen molar-refractivity contribution in [2.45, 2.75) is 25.1 Å². The van der Waals surface area contributed by atoms with Gasteiger partial charge < -0.3 is 5.32 Å². The van der Waals surface area contributed by atoms with Gasteiger partial charge in [0.2, 0.25) is 0 Å². The van der Waals surface area contributed by atoms with Gasteiger partial charge >= 0.3 is 0 Å². The van der Waals surface area contributed by atoms with E-state index in [1.165, 1.54) is 0 Å². The Bertz CT molecular complexity index is 411. The van der Waals surface area contributed by atoms with Crippen molar-refractivity contribution in [2.24, 2.45) is 0 Å². The van der Waals surface area contributed by atoms with E-state index in [0.717, 1.165) is 5.56 Å². The summed E-state index contributed by atoms with van der Waals surface area (Å²) < 4.78 is 11.2. The number of nitrogens with one attached hydrogen (secondary N) is 1. The lowest BCUT2D eigenvalue weighted by Crippen LogP contribution is -2.29. The van der Waals surface area contributed by atoms with Gasteiger partial charge in [-0.15, -0.1) is 0 Å². The van der Waals surface area contributed by atoms with Crippen molar-refractivity contribution in [3.05, 3.63) is 33.8 Å². The Kier molecular flexibility index (Phi) is 5.93. The fourth-order valence-corrected chi connectivity index (χ4v) is 2.33. The summed E-state index contributed by atoms with van der Waals surface area (Å²) in [5.41, 5.74) is 1.00. The maximum atomic E-state index is 11.2. The lowest BCUT2D eigenvalue weighted by Gasteiger charge is -2.18. The minimum atomic E-state index is -0.809. The summed E-state index contributed by atoms with van der Waals surface area (Å²) in [7, 11) is -0.809. The molecular formula is C12H17Cl2NOS. The van der Waals surface area contributed by atoms with Gasteiger partial charge in [-0.25, -0.2) is 0 Å². The molecule has 0 saturated carbocycles. The molecule has 1 N–H and O–H groups in total. The summed E-state index contributed by atoms with van der Waals surface area (Å²) in [5, 5.41) is 4.74. The molecule has 0 fully saturated rings. The highest BCUT2D eigenvalue weighted by atomic mass is 35.5. The van der Waals surface area contributed by atoms with Crippen LogP contribution in [0.3, 0.4) is 0 Å². The molecule has 17 heavy (non-hydrogen) atoms. The van der Waals surface area contributed by atoms with Crippen LogP contribution < -0.4 is 5.32 Å². The van der Waals surface area contributed by atoms with Crippen LogP contribution in [0.15, 0.2) is 18.2 Å². The fraction of sp³-hybridized carbons (Fsp3) is 0.500. The van der Waals surface area contributed by atoms with Crippen molar-refractivity contribution in [1.82, 2.24) is 5.32 Å². The average Bonchev–Trinajstić information content (AvgIpc) is 2.25. The highest BCUT2D eigenvalue weighted by Crippen LogP contribution is 2.25. The molecule has 5 heteroatoms. The average molecular weight is 294 g/mol. The molecule has 1 aromatic rings. The second kappa shape index (κ2) is 6.74. The summed E-state index contributed by atoms with van der Waals surface area (Å²) in [6.07, 6.45) is 1.71. The predicted octanol–water partition coefficient (Wildman–Crippen LogP) is 3.41. The van der Waals surface area contributed by atoms with Crippen molar-refractivity contribution < 1.29 is 4.21 Å². The first-order valence-electron chi connectivity index (χ1n) is 5.42. The molecule has 96 valence electrons. The molecule has 0 radical (unpaired) electrons. The Morgan fingerprint density at radius 3 is 2.53 bits per heavy atom. The summed E-state index contributed by atoms with van der Waals surface area (Å²) in [4.78, 5) is 0. The third kappa shape index (κ3) is 4.59. The SMILES string of the molecule is CC(NCC(C)S(C)=O)c1ccc(Cl)cc1Cl. The zero-order chi connectivity index (χ0) is 13.0. The van der Waals surface area contributed by atoms with Crippen LogP contribution in [0.5, 0.6) is 0 Å². The molecule has 0 bridgehead atoms. The zero-order valence-corrected chi connectivity index (χ0v) is 12.5. The standard InChI is InChI=1S/C12H17Cl2NOS/c1-8(17(3)16)7-15-9(2)11-5-4-10(13)6-12(11)14/h4-6,8-9,15H,7H2,1-3H3. The Hall–Kier alpha value is -0.0900. The third-order valence-corrected chi connectivity index (χ3v) is 4.57. The van der Waals surface area contributed by atoms with E-state index in [1.54, 1.807) is 12.3 Å². The molecule has 0 saturated heterocycles. The van der Waals surface area contributed by atoms with Gasteiger partial charge in [-0.3, -0.25) is 4.21 Å². The van der Waals surface area contributed by atoms with Crippen LogP contribution >= 0.6 is 23.2 Å². The highest BCUT2D eigenvalue weighted by Gasteiger charge is 2.12. The fourth-order valence-electron chi connectivity index (χ4n) is 1.42. The van der Waals surface area contributed by atoms with Crippen LogP contribution in [0.4, 0.5) is 0 Å². The lowest BCUT2D eigenvalue weighted by atomic mass is 10.1. The normalized spacial score (nSPS) is 16.5. The van der Waals surface area contributed by atoms with Crippen LogP contribution in [0.25, 0.3) is 0 Å². The first kappa shape index (κ1) is 15.0. The summed E-state index contributed by atoms with van der Waals surface area (Å²) in [6.45, 7) is 4.68. The van der Waals surface area contributed by atoms with E-state index in [4.69, 9.17) is 23.2 Å². The quantitative estimate of drug-likeness (QED) is 0.901. The minimum absolute atomic E-state index is 0.116. The summed E-state index contributed by atoms with van der Waals surface area (Å²) in [6, 6.07) is 5.58. The van der Waals surface area contributed by atoms with E-state index in [9.17, 15) is 4.21 Å². The van der Waals surface area contributed by atoms with E-state index in [2.05, 4.69) is 5.32 Å². The van der Waals surface area contributed by atoms with E-state index in [0.29, 0.717) is 16.6 Å². The molecule has 0 spiro atoms. The Balaban J connectivity index is 2.64. The predicted molar refractivity (Wildman–Crippen MR) is 76.4 cm³/mol. The molecule has 0 aromatic heterocycles. The maximum absolute atomic E-state index is 11.2. The maximum Gasteiger partial charge on any atom is 0.0468 e. The van der Waals surface area contributed by atoms with Gasteiger partial charge in [0.15, 0.2) is 0 Å². The topological polar surface area (TPSA) is 29.1 Å². The number of rotatable bonds is 5. The zero-order valence-electron chi connectivity index (χ0n) is 10.2. The third-order valence-electron chi connectivity index (χ3n) is 2.71. The van der Waals surface area contributed by atoms with Crippen LogP contribution in [0.2, 0.25) is 10.0 Å². The molecule has 0 amide bonds. The smallest absolute Gasteiger partial charge is 0.0468 e. The molecule has 0 heterocycles. The highest BCUT2D eigenvalue weighted by molar-refractivity contribution is 7.84. The number of hydrogen-bond acceptors (Lipinski definition) is 2. The first-order valence-corrected chi connectivity index (χ1v) is 7.80. The van der Waals surface area contributed by atoms with Gasteiger partial charge in [0.25, 0.3) is 0 Å². The number of halogens is 2. The van der Waals surface area contributed by atoms with Crippen LogP contribution in [0, 0.1) is 0 Å². The van der Waals surface area contributed by atoms with Crippen LogP contribution in [-0.2, 0) is 10.8 Å². The minimum Gasteiger partial charge on any atom is -0.309 e. The Labute approximate surface area is 115 Å². The van der Waals surface area contributed by atoms with Gasteiger partial charge in [0, 0.05) is 44.9 Å². The second-order valence-electron chi connectivity index (χ2n) is 4.10. The van der Waals surface area contributed by atoms with E-state index in [1.807, 2.05) is 26.0 Å². The van der Waals surface area contributed by atoms with Crippen molar-refractivity contribution in [2.75, 3.05) is 12.8 Å². The molecule has 0 aliphatic rings. The van der Waals surface area contributed by atoms with Crippen LogP contribution in [-0.4, -0.2) is 22.3 Å². The molecule has 1 aromatic carbocycles. The molecule has 0 aliphatic carbocycles. The van der Waals surface area contributed by atoms with Gasteiger partial charge in [0.05, 0.1) is 0 Å². The molecular weight excluding hydrogens is 277 g/mol. The second-order valence-corrected chi connectivity index (χ2v) is 6.75. The Morgan fingerprint density at radius 2 is 2.00 bits per heavy atom. The van der Waals surface area contributed by atoms with Gasteiger partial charge in [0.1, 0.15) is 0 Å². The van der Waals surface area contributed by atoms with Crippen molar-refractivity contribution >= 4 is 34.0 Å². The van der Waals surface area contributed by atoms with Gasteiger partial charge in [-0.05, 0) is 31.5 Å². The monoisotopic (exact) mass is 293 g/mol. The van der Waals surface area contributed by atoms with Crippen molar-refractivity contribution in [3.8, 4) is 0 Å². The first-order chi connectivity index (χ1) is 7.91. The Morgan fingerprint density at radius 1 is 1.35 bits per heavy atom. The molecule has 3 unspecified atom stereocenters. The molecule has 1 rings (SSSR count). The summed E-state index contributed by atoms with van der Waals surface area (Å²) >= 11 is 12.0. The number of benzene rings is 1. The molecule has 3 atom stereocenters. The summed E-state index contributed by atoms with van der Waals surface area (Å²) in [5.74, 6) is 0. The molecule has 0 aliphatic heterocycles. The lowest BCUT2D eigenvalue weighted by molar-refractivity contribution is 0.569. The van der Waals surface area contributed by atoms with E-state index >= 15 is 0 Å². The largest absolute Gasteiger partial charge is 0.309 e. The number of hydrogen-bond donors (Lipinski definition) is 1. The van der Waals surface area contributed by atoms with E-state index in [-0.39, 0.29) is 11.3 Å².